The van der Waals surface area contributed by atoms with E-state index in [1.807, 2.05) is 18.2 Å². The van der Waals surface area contributed by atoms with Gasteiger partial charge in [-0.15, -0.1) is 0 Å². The van der Waals surface area contributed by atoms with Crippen molar-refractivity contribution in [2.24, 2.45) is 20.0 Å². The van der Waals surface area contributed by atoms with E-state index in [0.29, 0.717) is 6.61 Å². The van der Waals surface area contributed by atoms with Crippen LogP contribution in [0.1, 0.15) is 54.9 Å². The highest BCUT2D eigenvalue weighted by Gasteiger charge is 2.27. The Hall–Kier alpha value is -8.42. The zero-order chi connectivity index (χ0) is 46.4. The van der Waals surface area contributed by atoms with Crippen molar-refractivity contribution >= 4 is 45.1 Å². The lowest BCUT2D eigenvalue weighted by Gasteiger charge is -2.21. The summed E-state index contributed by atoms with van der Waals surface area (Å²) >= 11 is 0. The fourth-order valence-corrected chi connectivity index (χ4v) is 9.33. The molecule has 336 valence electrons. The first-order chi connectivity index (χ1) is 34.1. The smallest absolute Gasteiger partial charge is 0.119 e. The van der Waals surface area contributed by atoms with Gasteiger partial charge in [0.1, 0.15) is 5.75 Å². The number of ether oxygens (including phenoxy) is 1. The van der Waals surface area contributed by atoms with E-state index >= 15 is 0 Å². The van der Waals surface area contributed by atoms with E-state index in [1.165, 1.54) is 24.0 Å². The number of nitrogens with zero attached hydrogens (tertiary/aromatic N) is 6. The molecular weight excluding hydrogens is 845 g/mol. The lowest BCUT2D eigenvalue weighted by molar-refractivity contribution is 0.300. The first kappa shape index (κ1) is 43.2. The zero-order valence-electron chi connectivity index (χ0n) is 38.7. The summed E-state index contributed by atoms with van der Waals surface area (Å²) in [5.41, 5.74) is 17.1. The van der Waals surface area contributed by atoms with Crippen LogP contribution in [0.15, 0.2) is 267 Å². The van der Waals surface area contributed by atoms with Gasteiger partial charge < -0.3 is 14.5 Å². The van der Waals surface area contributed by atoms with Crippen LogP contribution in [0.25, 0.3) is 22.3 Å². The number of benzene rings is 4. The summed E-state index contributed by atoms with van der Waals surface area (Å²) in [6.07, 6.45) is 38.8. The van der Waals surface area contributed by atoms with Crippen LogP contribution >= 0.6 is 0 Å². The van der Waals surface area contributed by atoms with Crippen LogP contribution in [-0.2, 0) is 0 Å². The third-order valence-electron chi connectivity index (χ3n) is 12.9. The molecule has 7 heterocycles. The summed E-state index contributed by atoms with van der Waals surface area (Å²) in [6, 6.07) is 39.6. The van der Waals surface area contributed by atoms with Gasteiger partial charge in [0.2, 0.25) is 0 Å². The third-order valence-corrected chi connectivity index (χ3v) is 12.9. The minimum absolute atomic E-state index is 0.633. The van der Waals surface area contributed by atoms with E-state index in [0.717, 1.165) is 122 Å². The Bertz CT molecular complexity index is 3160. The van der Waals surface area contributed by atoms with Crippen molar-refractivity contribution in [1.29, 1.82) is 0 Å². The summed E-state index contributed by atoms with van der Waals surface area (Å²) in [5.74, 6) is 0.831. The fraction of sp³-hybridized carbons (Fsp3) is 0.129. The molecule has 0 atom stereocenters. The molecule has 7 aliphatic rings. The lowest BCUT2D eigenvalue weighted by atomic mass is 9.98. The molecule has 69 heavy (non-hydrogen) atoms. The van der Waals surface area contributed by atoms with Crippen LogP contribution in [0.3, 0.4) is 0 Å². The molecular formula is C62H52N6O. The number of fused-ring (bicyclic) bond motifs is 4. The Morgan fingerprint density at radius 1 is 0.362 bits per heavy atom. The fourth-order valence-electron chi connectivity index (χ4n) is 9.33. The predicted molar refractivity (Wildman–Crippen MR) is 286 cm³/mol. The summed E-state index contributed by atoms with van der Waals surface area (Å²) in [4.78, 5) is 26.1. The number of hydrogen-bond donors (Lipinski definition) is 0. The highest BCUT2D eigenvalue weighted by Crippen LogP contribution is 2.39. The second-order valence-corrected chi connectivity index (χ2v) is 17.5. The first-order valence-corrected chi connectivity index (χ1v) is 24.1. The summed E-state index contributed by atoms with van der Waals surface area (Å²) in [7, 11) is 0. The molecule has 7 heteroatoms. The molecule has 0 unspecified atom stereocenters. The van der Waals surface area contributed by atoms with Crippen molar-refractivity contribution in [3.63, 3.8) is 0 Å². The lowest BCUT2D eigenvalue weighted by Crippen LogP contribution is -2.15. The second kappa shape index (κ2) is 19.8. The molecule has 0 radical (unpaired) electrons. The van der Waals surface area contributed by atoms with Crippen molar-refractivity contribution < 1.29 is 4.74 Å². The Balaban J connectivity index is 0.886. The number of unbranched alkanes of at least 4 members (excludes halogenated alkanes) is 2. The molecule has 11 rings (SSSR count). The Labute approximate surface area is 405 Å². The van der Waals surface area contributed by atoms with Crippen molar-refractivity contribution in [1.82, 2.24) is 9.80 Å². The Kier molecular flexibility index (Phi) is 12.4. The van der Waals surface area contributed by atoms with Crippen molar-refractivity contribution in [2.45, 2.75) is 32.6 Å². The topological polar surface area (TPSA) is 65.2 Å². The largest absolute Gasteiger partial charge is 0.494 e. The number of hydrogen-bond acceptors (Lipinski definition) is 7. The van der Waals surface area contributed by atoms with Gasteiger partial charge in [-0.1, -0.05) is 116 Å². The normalized spacial score (nSPS) is 17.9. The monoisotopic (exact) mass is 896 g/mol. The SMILES string of the molecule is CCCCN1C=CC(=C2C=CN(CCCCOc3ccc(C4=C5C=CC(=N5)C(c5ccccc5)=C5C=CC(=N5)C(c5ccccc5)=C5C=CC(=N5)C(c5ccccc5)=C5C=CC4=N5)cc3)C=C2)C=C1. The van der Waals surface area contributed by atoms with Gasteiger partial charge >= 0.3 is 0 Å². The van der Waals surface area contributed by atoms with Gasteiger partial charge in [0.25, 0.3) is 0 Å². The van der Waals surface area contributed by atoms with Gasteiger partial charge in [-0.2, -0.15) is 0 Å². The number of rotatable bonds is 13. The molecule has 0 saturated heterocycles. The summed E-state index contributed by atoms with van der Waals surface area (Å²) in [5, 5.41) is 0. The molecule has 7 aliphatic heterocycles. The average Bonchev–Trinajstić information content (AvgIpc) is 4.26. The molecule has 0 amide bonds. The maximum Gasteiger partial charge on any atom is 0.119 e. The van der Waals surface area contributed by atoms with Crippen molar-refractivity contribution in [3.05, 3.63) is 269 Å². The van der Waals surface area contributed by atoms with Crippen molar-refractivity contribution in [2.75, 3.05) is 19.7 Å². The number of allylic oxidation sites excluding steroid dienone is 18. The molecule has 0 aliphatic carbocycles. The van der Waals surface area contributed by atoms with Crippen LogP contribution < -0.4 is 4.74 Å². The molecule has 0 N–H and O–H groups in total. The van der Waals surface area contributed by atoms with Crippen molar-refractivity contribution in [3.8, 4) is 5.75 Å². The molecule has 0 fully saturated rings. The second-order valence-electron chi connectivity index (χ2n) is 17.5. The van der Waals surface area contributed by atoms with E-state index in [2.05, 4.69) is 211 Å². The van der Waals surface area contributed by atoms with E-state index in [9.17, 15) is 0 Å². The van der Waals surface area contributed by atoms with E-state index in [4.69, 9.17) is 24.7 Å². The van der Waals surface area contributed by atoms with Crippen LogP contribution in [0.2, 0.25) is 0 Å². The summed E-state index contributed by atoms with van der Waals surface area (Å²) in [6.45, 7) is 4.86. The van der Waals surface area contributed by atoms with Gasteiger partial charge in [0, 0.05) is 60.2 Å². The molecule has 4 aromatic carbocycles. The quantitative estimate of drug-likeness (QED) is 0.126. The van der Waals surface area contributed by atoms with Crippen LogP contribution in [0.4, 0.5) is 0 Å². The van der Waals surface area contributed by atoms with Crippen LogP contribution in [0.5, 0.6) is 5.75 Å². The van der Waals surface area contributed by atoms with Gasteiger partial charge in [0.15, 0.2) is 0 Å². The minimum Gasteiger partial charge on any atom is -0.494 e. The Morgan fingerprint density at radius 3 is 1.07 bits per heavy atom. The molecule has 0 aromatic heterocycles. The number of aliphatic imine (C=N–C) groups is 4. The van der Waals surface area contributed by atoms with Crippen LogP contribution in [0, 0.1) is 0 Å². The highest BCUT2D eigenvalue weighted by molar-refractivity contribution is 6.39. The van der Waals surface area contributed by atoms with Gasteiger partial charge in [-0.25, -0.2) is 20.0 Å². The average molecular weight is 897 g/mol. The van der Waals surface area contributed by atoms with E-state index in [-0.39, 0.29) is 0 Å². The van der Waals surface area contributed by atoms with E-state index in [1.54, 1.807) is 0 Å². The van der Waals surface area contributed by atoms with Gasteiger partial charge in [0.05, 0.1) is 52.2 Å². The molecule has 8 bridgehead atoms. The first-order valence-electron chi connectivity index (χ1n) is 24.1. The molecule has 0 saturated carbocycles. The summed E-state index contributed by atoms with van der Waals surface area (Å²) < 4.78 is 6.33. The predicted octanol–water partition coefficient (Wildman–Crippen LogP) is 13.6. The Morgan fingerprint density at radius 2 is 0.710 bits per heavy atom. The van der Waals surface area contributed by atoms with Gasteiger partial charge in [-0.3, -0.25) is 0 Å². The van der Waals surface area contributed by atoms with Gasteiger partial charge in [-0.05, 0) is 138 Å². The maximum absolute atomic E-state index is 6.33. The van der Waals surface area contributed by atoms with Crippen LogP contribution in [-0.4, -0.2) is 52.3 Å². The third kappa shape index (κ3) is 9.32. The minimum atomic E-state index is 0.633. The zero-order valence-corrected chi connectivity index (χ0v) is 38.7. The maximum atomic E-state index is 6.33. The standard InChI is InChI=1S/C62H52N6O/c1-2-3-37-67-39-33-44(34-40-67)45-35-41-68(42-36-45)38-13-14-43-69-50-23-21-49(22-24-50)62-57-31-29-55(65-57)60(47-17-9-5-10-18-47)53-27-25-51(63-53)59(46-15-7-4-8-16-46)52-26-28-54(64-52)61(48-19-11-6-12-20-48)56-30-32-58(62)66-56/h4-12,15-36,39-42H,2-3,13-14,37-38,43H2,1H3. The molecule has 4 aromatic rings. The molecule has 0 spiro atoms. The molecule has 7 nitrogen and oxygen atoms in total. The highest BCUT2D eigenvalue weighted by atomic mass is 16.5. The van der Waals surface area contributed by atoms with E-state index < -0.39 is 0 Å².